The molecule has 0 bridgehead atoms. The highest BCUT2D eigenvalue weighted by atomic mass is 19.1. The number of nitrogens with zero attached hydrogens (tertiary/aromatic N) is 3. The highest BCUT2D eigenvalue weighted by molar-refractivity contribution is 5.38. The number of aliphatic hydroxyl groups is 1. The van der Waals surface area contributed by atoms with Gasteiger partial charge >= 0.3 is 0 Å². The minimum Gasteiger partial charge on any atom is -0.392 e. The third kappa shape index (κ3) is 3.38. The second-order valence-electron chi connectivity index (χ2n) is 4.46. The molecule has 0 aliphatic carbocycles. The Bertz CT molecular complexity index is 365. The van der Waals surface area contributed by atoms with Crippen LogP contribution in [0.3, 0.4) is 0 Å². The monoisotopic (exact) mass is 239 g/mol. The Labute approximate surface area is 101 Å². The Balaban J connectivity index is 1.91. The van der Waals surface area contributed by atoms with E-state index in [4.69, 9.17) is 0 Å². The van der Waals surface area contributed by atoms with Gasteiger partial charge in [0, 0.05) is 32.7 Å². The molecule has 1 aromatic rings. The molecule has 0 saturated carbocycles. The molecule has 1 aromatic heterocycles. The molecule has 5 heteroatoms. The Morgan fingerprint density at radius 2 is 2.06 bits per heavy atom. The van der Waals surface area contributed by atoms with Gasteiger partial charge in [-0.1, -0.05) is 6.07 Å². The van der Waals surface area contributed by atoms with Crippen molar-refractivity contribution in [1.82, 2.24) is 9.88 Å². The van der Waals surface area contributed by atoms with Gasteiger partial charge in [0.15, 0.2) is 0 Å². The van der Waals surface area contributed by atoms with Crippen molar-refractivity contribution in [2.24, 2.45) is 0 Å². The Hall–Kier alpha value is -1.20. The van der Waals surface area contributed by atoms with Gasteiger partial charge in [0.2, 0.25) is 5.95 Å². The lowest BCUT2D eigenvalue weighted by atomic mass is 10.2. The van der Waals surface area contributed by atoms with Crippen LogP contribution in [0.2, 0.25) is 0 Å². The lowest BCUT2D eigenvalue weighted by Crippen LogP contribution is -2.48. The number of β-amino-alcohol motifs (C(OH)–C–C–N with tert-alkyl or cyclic N) is 1. The zero-order chi connectivity index (χ0) is 12.3. The number of hydrogen-bond donors (Lipinski definition) is 1. The predicted molar refractivity (Wildman–Crippen MR) is 64.5 cm³/mol. The first-order chi connectivity index (χ1) is 8.15. The molecule has 0 spiro atoms. The molecule has 17 heavy (non-hydrogen) atoms. The van der Waals surface area contributed by atoms with Gasteiger partial charge in [-0.25, -0.2) is 4.98 Å². The zero-order valence-electron chi connectivity index (χ0n) is 10.0. The zero-order valence-corrected chi connectivity index (χ0v) is 10.0. The summed E-state index contributed by atoms with van der Waals surface area (Å²) < 4.78 is 13.0. The van der Waals surface area contributed by atoms with Gasteiger partial charge < -0.3 is 10.0 Å². The summed E-state index contributed by atoms with van der Waals surface area (Å²) in [6, 6.07) is 4.86. The summed E-state index contributed by atoms with van der Waals surface area (Å²) in [7, 11) is 0. The van der Waals surface area contributed by atoms with E-state index >= 15 is 0 Å². The molecule has 1 fully saturated rings. The maximum atomic E-state index is 13.0. The molecule has 4 nitrogen and oxygen atoms in total. The number of aliphatic hydroxyl groups excluding tert-OH is 1. The van der Waals surface area contributed by atoms with Crippen LogP contribution in [-0.4, -0.2) is 53.8 Å². The van der Waals surface area contributed by atoms with Crippen LogP contribution < -0.4 is 4.90 Å². The van der Waals surface area contributed by atoms with Gasteiger partial charge in [0.05, 0.1) is 6.10 Å². The number of halogens is 1. The number of rotatable bonds is 3. The van der Waals surface area contributed by atoms with Gasteiger partial charge in [0.1, 0.15) is 5.82 Å². The summed E-state index contributed by atoms with van der Waals surface area (Å²) in [5, 5.41) is 9.31. The first-order valence-corrected chi connectivity index (χ1v) is 5.93. The molecule has 0 aromatic carbocycles. The van der Waals surface area contributed by atoms with Gasteiger partial charge in [-0.05, 0) is 19.1 Å². The fraction of sp³-hybridized carbons (Fsp3) is 0.583. The van der Waals surface area contributed by atoms with Crippen LogP contribution in [0, 0.1) is 5.95 Å². The van der Waals surface area contributed by atoms with E-state index in [1.165, 1.54) is 6.07 Å². The summed E-state index contributed by atoms with van der Waals surface area (Å²) in [4.78, 5) is 8.15. The lowest BCUT2D eigenvalue weighted by molar-refractivity contribution is 0.122. The van der Waals surface area contributed by atoms with E-state index in [1.54, 1.807) is 13.0 Å². The summed E-state index contributed by atoms with van der Waals surface area (Å²) in [6.07, 6.45) is -0.297. The van der Waals surface area contributed by atoms with Gasteiger partial charge in [0.25, 0.3) is 0 Å². The van der Waals surface area contributed by atoms with E-state index in [1.807, 2.05) is 6.07 Å². The molecule has 0 unspecified atom stereocenters. The molecule has 2 heterocycles. The molecule has 1 atom stereocenters. The van der Waals surface area contributed by atoms with Gasteiger partial charge in [-0.3, -0.25) is 4.90 Å². The predicted octanol–water partition coefficient (Wildman–Crippen LogP) is 0.724. The van der Waals surface area contributed by atoms with Crippen molar-refractivity contribution < 1.29 is 9.50 Å². The summed E-state index contributed by atoms with van der Waals surface area (Å²) in [5.41, 5.74) is 0. The number of pyridine rings is 1. The number of hydrogen-bond acceptors (Lipinski definition) is 4. The van der Waals surface area contributed by atoms with E-state index in [9.17, 15) is 9.50 Å². The number of aromatic nitrogens is 1. The largest absolute Gasteiger partial charge is 0.392 e. The van der Waals surface area contributed by atoms with Gasteiger partial charge in [-0.2, -0.15) is 4.39 Å². The minimum absolute atomic E-state index is 0.297. The van der Waals surface area contributed by atoms with Crippen molar-refractivity contribution in [3.63, 3.8) is 0 Å². The number of piperazine rings is 1. The average molecular weight is 239 g/mol. The SMILES string of the molecule is C[C@@H](O)CN1CCN(c2cccc(F)n2)CC1. The van der Waals surface area contributed by atoms with Crippen LogP contribution in [0.4, 0.5) is 10.2 Å². The van der Waals surface area contributed by atoms with Crippen molar-refractivity contribution >= 4 is 5.82 Å². The number of anilines is 1. The normalized spacial score (nSPS) is 19.4. The van der Waals surface area contributed by atoms with E-state index in [0.717, 1.165) is 26.2 Å². The Kier molecular flexibility index (Phi) is 3.91. The molecule has 0 amide bonds. The first-order valence-electron chi connectivity index (χ1n) is 5.93. The third-order valence-electron chi connectivity index (χ3n) is 2.92. The second-order valence-corrected chi connectivity index (χ2v) is 4.46. The molecule has 2 rings (SSSR count). The van der Waals surface area contributed by atoms with Crippen molar-refractivity contribution in [2.75, 3.05) is 37.6 Å². The van der Waals surface area contributed by atoms with E-state index in [-0.39, 0.29) is 6.10 Å². The van der Waals surface area contributed by atoms with Crippen LogP contribution in [0.1, 0.15) is 6.92 Å². The van der Waals surface area contributed by atoms with Crippen LogP contribution >= 0.6 is 0 Å². The molecular weight excluding hydrogens is 221 g/mol. The van der Waals surface area contributed by atoms with Crippen molar-refractivity contribution in [3.05, 3.63) is 24.1 Å². The Morgan fingerprint density at radius 3 is 2.65 bits per heavy atom. The highest BCUT2D eigenvalue weighted by Crippen LogP contribution is 2.13. The van der Waals surface area contributed by atoms with Crippen molar-refractivity contribution in [2.45, 2.75) is 13.0 Å². The van der Waals surface area contributed by atoms with E-state index in [2.05, 4.69) is 14.8 Å². The minimum atomic E-state index is -0.436. The summed E-state index contributed by atoms with van der Waals surface area (Å²) in [6.45, 7) is 5.89. The standard InChI is InChI=1S/C12H18FN3O/c1-10(17)9-15-5-7-16(8-6-15)12-4-2-3-11(13)14-12/h2-4,10,17H,5-9H2,1H3/t10-/m1/s1. The van der Waals surface area contributed by atoms with E-state index < -0.39 is 5.95 Å². The first kappa shape index (κ1) is 12.3. The fourth-order valence-corrected chi connectivity index (χ4v) is 2.11. The van der Waals surface area contributed by atoms with E-state index in [0.29, 0.717) is 12.4 Å². The lowest BCUT2D eigenvalue weighted by Gasteiger charge is -2.35. The van der Waals surface area contributed by atoms with Crippen molar-refractivity contribution in [1.29, 1.82) is 0 Å². The summed E-state index contributed by atoms with van der Waals surface area (Å²) >= 11 is 0. The topological polar surface area (TPSA) is 39.6 Å². The maximum Gasteiger partial charge on any atom is 0.214 e. The van der Waals surface area contributed by atoms with Gasteiger partial charge in [-0.15, -0.1) is 0 Å². The van der Waals surface area contributed by atoms with Crippen LogP contribution in [0.15, 0.2) is 18.2 Å². The Morgan fingerprint density at radius 1 is 1.35 bits per heavy atom. The molecule has 94 valence electrons. The van der Waals surface area contributed by atoms with Crippen molar-refractivity contribution in [3.8, 4) is 0 Å². The molecule has 1 N–H and O–H groups in total. The molecule has 1 aliphatic rings. The van der Waals surface area contributed by atoms with Crippen LogP contribution in [0.25, 0.3) is 0 Å². The average Bonchev–Trinajstić information content (AvgIpc) is 2.29. The van der Waals surface area contributed by atoms with Crippen LogP contribution in [0.5, 0.6) is 0 Å². The molecule has 0 radical (unpaired) electrons. The summed E-state index contributed by atoms with van der Waals surface area (Å²) in [5.74, 6) is 0.260. The smallest absolute Gasteiger partial charge is 0.214 e. The maximum absolute atomic E-state index is 13.0. The highest BCUT2D eigenvalue weighted by Gasteiger charge is 2.18. The molecular formula is C12H18FN3O. The quantitative estimate of drug-likeness (QED) is 0.789. The molecule has 1 aliphatic heterocycles. The second kappa shape index (κ2) is 5.42. The van der Waals surface area contributed by atoms with Crippen LogP contribution in [-0.2, 0) is 0 Å². The fourth-order valence-electron chi connectivity index (χ4n) is 2.11. The molecule has 1 saturated heterocycles. The third-order valence-corrected chi connectivity index (χ3v) is 2.92.